The maximum atomic E-state index is 12.5. The number of aromatic nitrogens is 1. The highest BCUT2D eigenvalue weighted by molar-refractivity contribution is 6.42. The number of Topliss-reactive ketones (excluding diaryl/α,β-unsaturated/α-hetero) is 1. The summed E-state index contributed by atoms with van der Waals surface area (Å²) in [5, 5.41) is 3.85. The van der Waals surface area contributed by atoms with Crippen LogP contribution in [-0.4, -0.2) is 23.7 Å². The average molecular weight is 367 g/mol. The first kappa shape index (κ1) is 15.5. The van der Waals surface area contributed by atoms with E-state index in [-0.39, 0.29) is 19.0 Å². The molecule has 1 aromatic heterocycles. The number of hydrogen-bond acceptors (Lipinski definition) is 5. The standard InChI is InChI=1S/C16H12Cl2N2O4/c1-20-15-14(16(22)24-20)12(7-2-3-8(17)9(18)4-7)13-10(19-15)5-23-6-11(13)21/h2-4,12,19H,5-6H2,1H3. The van der Waals surface area contributed by atoms with Gasteiger partial charge in [0.05, 0.1) is 33.8 Å². The van der Waals surface area contributed by atoms with Gasteiger partial charge in [-0.05, 0) is 17.7 Å². The highest BCUT2D eigenvalue weighted by Gasteiger charge is 2.39. The molecule has 1 atom stereocenters. The normalized spacial score (nSPS) is 19.8. The summed E-state index contributed by atoms with van der Waals surface area (Å²) in [5.74, 6) is -0.235. The molecule has 124 valence electrons. The molecule has 0 aliphatic carbocycles. The van der Waals surface area contributed by atoms with Crippen LogP contribution < -0.4 is 10.9 Å². The van der Waals surface area contributed by atoms with Crippen LogP contribution in [0.1, 0.15) is 17.0 Å². The molecule has 0 bridgehead atoms. The van der Waals surface area contributed by atoms with Gasteiger partial charge < -0.3 is 14.6 Å². The van der Waals surface area contributed by atoms with E-state index in [1.165, 1.54) is 4.74 Å². The number of rotatable bonds is 1. The van der Waals surface area contributed by atoms with Gasteiger partial charge in [0.2, 0.25) is 0 Å². The summed E-state index contributed by atoms with van der Waals surface area (Å²) in [6, 6.07) is 5.08. The van der Waals surface area contributed by atoms with Crippen LogP contribution in [0.2, 0.25) is 10.0 Å². The quantitative estimate of drug-likeness (QED) is 0.839. The summed E-state index contributed by atoms with van der Waals surface area (Å²) < 4.78 is 11.8. The van der Waals surface area contributed by atoms with Crippen molar-refractivity contribution in [1.29, 1.82) is 0 Å². The lowest BCUT2D eigenvalue weighted by atomic mass is 9.80. The number of halogens is 2. The highest BCUT2D eigenvalue weighted by atomic mass is 35.5. The molecule has 2 aromatic rings. The zero-order valence-corrected chi connectivity index (χ0v) is 14.1. The van der Waals surface area contributed by atoms with E-state index in [9.17, 15) is 9.59 Å². The first-order chi connectivity index (χ1) is 11.5. The van der Waals surface area contributed by atoms with Crippen LogP contribution in [0.15, 0.2) is 38.8 Å². The predicted molar refractivity (Wildman–Crippen MR) is 88.7 cm³/mol. The predicted octanol–water partition coefficient (Wildman–Crippen LogP) is 2.70. The van der Waals surface area contributed by atoms with Crippen molar-refractivity contribution >= 4 is 34.8 Å². The van der Waals surface area contributed by atoms with Gasteiger partial charge >= 0.3 is 5.63 Å². The zero-order chi connectivity index (χ0) is 17.0. The van der Waals surface area contributed by atoms with Crippen LogP contribution in [-0.2, 0) is 16.6 Å². The minimum atomic E-state index is -0.570. The van der Waals surface area contributed by atoms with Gasteiger partial charge in [-0.15, -0.1) is 0 Å². The maximum Gasteiger partial charge on any atom is 0.363 e. The lowest BCUT2D eigenvalue weighted by Crippen LogP contribution is -2.34. The minimum Gasteiger partial charge on any atom is -0.367 e. The van der Waals surface area contributed by atoms with E-state index in [1.54, 1.807) is 25.2 Å². The molecule has 0 fully saturated rings. The third-order valence-electron chi connectivity index (χ3n) is 4.24. The first-order valence-electron chi connectivity index (χ1n) is 7.23. The Hall–Kier alpha value is -2.02. The van der Waals surface area contributed by atoms with Gasteiger partial charge in [-0.3, -0.25) is 4.79 Å². The number of ketones is 1. The Bertz CT molecular complexity index is 957. The molecule has 24 heavy (non-hydrogen) atoms. The molecule has 1 N–H and O–H groups in total. The lowest BCUT2D eigenvalue weighted by molar-refractivity contribution is -0.121. The largest absolute Gasteiger partial charge is 0.367 e. The molecule has 1 unspecified atom stereocenters. The SMILES string of the molecule is Cn1oc(=O)c2c1NC1=C(C(=O)COC1)C2c1ccc(Cl)c(Cl)c1. The van der Waals surface area contributed by atoms with Crippen molar-refractivity contribution in [2.24, 2.45) is 7.05 Å². The van der Waals surface area contributed by atoms with E-state index in [1.807, 2.05) is 0 Å². The Morgan fingerprint density at radius 3 is 2.75 bits per heavy atom. The van der Waals surface area contributed by atoms with E-state index in [0.29, 0.717) is 38.3 Å². The maximum absolute atomic E-state index is 12.5. The van der Waals surface area contributed by atoms with Crippen molar-refractivity contribution < 1.29 is 14.1 Å². The topological polar surface area (TPSA) is 73.5 Å². The van der Waals surface area contributed by atoms with E-state index >= 15 is 0 Å². The molecule has 2 aliphatic heterocycles. The highest BCUT2D eigenvalue weighted by Crippen LogP contribution is 2.42. The van der Waals surface area contributed by atoms with Crippen molar-refractivity contribution in [2.45, 2.75) is 5.92 Å². The summed E-state index contributed by atoms with van der Waals surface area (Å²) in [5.41, 5.74) is 1.72. The Kier molecular flexibility index (Phi) is 3.56. The fourth-order valence-electron chi connectivity index (χ4n) is 3.21. The lowest BCUT2D eigenvalue weighted by Gasteiger charge is -2.31. The summed E-state index contributed by atoms with van der Waals surface area (Å²) in [4.78, 5) is 24.8. The van der Waals surface area contributed by atoms with Crippen LogP contribution in [0.4, 0.5) is 5.82 Å². The number of hydrogen-bond donors (Lipinski definition) is 1. The van der Waals surface area contributed by atoms with Gasteiger partial charge in [0.1, 0.15) is 6.61 Å². The number of benzene rings is 1. The number of nitrogens with one attached hydrogen (secondary N) is 1. The Balaban J connectivity index is 2.00. The molecule has 0 amide bonds. The minimum absolute atomic E-state index is 0.0220. The molecule has 0 radical (unpaired) electrons. The van der Waals surface area contributed by atoms with Gasteiger partial charge in [0.15, 0.2) is 11.6 Å². The van der Waals surface area contributed by atoms with Crippen LogP contribution in [0.25, 0.3) is 0 Å². The van der Waals surface area contributed by atoms with Crippen molar-refractivity contribution in [3.8, 4) is 0 Å². The van der Waals surface area contributed by atoms with E-state index in [0.717, 1.165) is 0 Å². The molecule has 0 spiro atoms. The second kappa shape index (κ2) is 5.51. The smallest absolute Gasteiger partial charge is 0.363 e. The summed E-state index contributed by atoms with van der Waals surface area (Å²) in [6.45, 7) is 0.240. The Morgan fingerprint density at radius 2 is 2.00 bits per heavy atom. The molecule has 0 saturated carbocycles. The molecule has 6 nitrogen and oxygen atoms in total. The second-order valence-corrected chi connectivity index (χ2v) is 6.49. The number of carbonyl (C=O) groups excluding carboxylic acids is 1. The third kappa shape index (κ3) is 2.22. The number of fused-ring (bicyclic) bond motifs is 1. The summed E-state index contributed by atoms with van der Waals surface area (Å²) >= 11 is 12.1. The Labute approximate surface area is 146 Å². The zero-order valence-electron chi connectivity index (χ0n) is 12.6. The fourth-order valence-corrected chi connectivity index (χ4v) is 3.51. The molecular formula is C16H12Cl2N2O4. The molecular weight excluding hydrogens is 355 g/mol. The molecule has 8 heteroatoms. The van der Waals surface area contributed by atoms with Gasteiger partial charge in [-0.25, -0.2) is 4.79 Å². The number of carbonyl (C=O) groups is 1. The average Bonchev–Trinajstić information content (AvgIpc) is 2.83. The molecule has 4 rings (SSSR count). The van der Waals surface area contributed by atoms with Gasteiger partial charge in [0.25, 0.3) is 0 Å². The summed E-state index contributed by atoms with van der Waals surface area (Å²) in [7, 11) is 1.62. The van der Waals surface area contributed by atoms with Gasteiger partial charge in [-0.2, -0.15) is 4.74 Å². The van der Waals surface area contributed by atoms with Gasteiger partial charge in [-0.1, -0.05) is 29.3 Å². The van der Waals surface area contributed by atoms with E-state index < -0.39 is 11.5 Å². The molecule has 2 aliphatic rings. The first-order valence-corrected chi connectivity index (χ1v) is 7.99. The number of anilines is 1. The van der Waals surface area contributed by atoms with Crippen LogP contribution >= 0.6 is 23.2 Å². The second-order valence-electron chi connectivity index (χ2n) is 5.68. The van der Waals surface area contributed by atoms with Crippen LogP contribution in [0.5, 0.6) is 0 Å². The fraction of sp³-hybridized carbons (Fsp3) is 0.250. The number of nitrogens with zero attached hydrogens (tertiary/aromatic N) is 1. The van der Waals surface area contributed by atoms with Crippen molar-refractivity contribution in [3.63, 3.8) is 0 Å². The molecule has 0 saturated heterocycles. The van der Waals surface area contributed by atoms with Crippen LogP contribution in [0, 0.1) is 0 Å². The monoisotopic (exact) mass is 366 g/mol. The summed E-state index contributed by atoms with van der Waals surface area (Å²) in [6.07, 6.45) is 0. The number of aryl methyl sites for hydroxylation is 1. The molecule has 3 heterocycles. The van der Waals surface area contributed by atoms with E-state index in [4.69, 9.17) is 32.5 Å². The number of ether oxygens (including phenoxy) is 1. The van der Waals surface area contributed by atoms with Crippen molar-refractivity contribution in [3.05, 3.63) is 61.1 Å². The Morgan fingerprint density at radius 1 is 1.21 bits per heavy atom. The third-order valence-corrected chi connectivity index (χ3v) is 4.98. The van der Waals surface area contributed by atoms with Crippen molar-refractivity contribution in [2.75, 3.05) is 18.5 Å². The van der Waals surface area contributed by atoms with Crippen molar-refractivity contribution in [1.82, 2.24) is 4.74 Å². The molecule has 1 aromatic carbocycles. The van der Waals surface area contributed by atoms with Crippen LogP contribution in [0.3, 0.4) is 0 Å². The van der Waals surface area contributed by atoms with Gasteiger partial charge in [0, 0.05) is 12.6 Å². The van der Waals surface area contributed by atoms with E-state index in [2.05, 4.69) is 5.32 Å².